The quantitative estimate of drug-likeness (QED) is 0.346. The largest absolute Gasteiger partial charge is 0.358 e. The predicted octanol–water partition coefficient (Wildman–Crippen LogP) is 7.94. The fourth-order valence-corrected chi connectivity index (χ4v) is 3.38. The maximum absolute atomic E-state index is 4.25. The molecule has 0 heterocycles. The fraction of sp³-hybridized carbons (Fsp3) is 0.864. The zero-order valence-electron chi connectivity index (χ0n) is 17.5. The summed E-state index contributed by atoms with van der Waals surface area (Å²) in [4.78, 5) is 0. The molecule has 2 saturated carbocycles. The molecule has 2 unspecified atom stereocenters. The molecule has 145 valence electrons. The molecule has 2 aliphatic rings. The Labute approximate surface area is 166 Å². The van der Waals surface area contributed by atoms with Crippen molar-refractivity contribution in [2.24, 2.45) is 15.2 Å². The van der Waals surface area contributed by atoms with E-state index in [1.165, 1.54) is 64.2 Å². The van der Waals surface area contributed by atoms with Crippen LogP contribution in [-0.2, 0) is 20.9 Å². The second kappa shape index (κ2) is 17.0. The van der Waals surface area contributed by atoms with Crippen LogP contribution in [0.15, 0.2) is 3.34 Å². The van der Waals surface area contributed by atoms with Crippen LogP contribution in [0.3, 0.4) is 0 Å². The summed E-state index contributed by atoms with van der Waals surface area (Å²) in [5, 5.41) is 0. The first-order valence-corrected chi connectivity index (χ1v) is 11.5. The van der Waals surface area contributed by atoms with Crippen LogP contribution in [0.2, 0.25) is 0 Å². The molecule has 0 radical (unpaired) electrons. The zero-order chi connectivity index (χ0) is 17.6. The molecule has 0 aromatic carbocycles. The third-order valence-electron chi connectivity index (χ3n) is 5.20. The molecule has 0 saturated heterocycles. The molecule has 2 fully saturated rings. The second-order valence-electron chi connectivity index (χ2n) is 7.65. The summed E-state index contributed by atoms with van der Waals surface area (Å²) in [5.41, 5.74) is 0.258. The van der Waals surface area contributed by atoms with Crippen LogP contribution < -0.4 is 0 Å². The number of hydrogen-bond acceptors (Lipinski definition) is 1. The topological polar surface area (TPSA) is 12.4 Å². The molecule has 0 aromatic heterocycles. The number of rotatable bonds is 4. The van der Waals surface area contributed by atoms with E-state index in [-0.39, 0.29) is 13.0 Å². The van der Waals surface area contributed by atoms with Crippen molar-refractivity contribution in [3.63, 3.8) is 0 Å². The van der Waals surface area contributed by atoms with E-state index in [4.69, 9.17) is 0 Å². The van der Waals surface area contributed by atoms with Crippen LogP contribution in [0.25, 0.3) is 0 Å². The Morgan fingerprint density at radius 3 is 1.62 bits per heavy atom. The molecule has 0 spiro atoms. The van der Waals surface area contributed by atoms with Crippen LogP contribution >= 0.6 is 0 Å². The normalized spacial score (nSPS) is 23.5. The van der Waals surface area contributed by atoms with Crippen molar-refractivity contribution in [2.75, 3.05) is 0 Å². The molecule has 0 aliphatic heterocycles. The molecule has 0 amide bonds. The van der Waals surface area contributed by atoms with E-state index in [1.807, 2.05) is 0 Å². The van der Waals surface area contributed by atoms with Gasteiger partial charge in [0.25, 0.3) is 0 Å². The summed E-state index contributed by atoms with van der Waals surface area (Å²) in [5.74, 6) is 1.89. The van der Waals surface area contributed by atoms with Gasteiger partial charge in [0.2, 0.25) is 0 Å². The zero-order valence-corrected chi connectivity index (χ0v) is 20.7. The van der Waals surface area contributed by atoms with Gasteiger partial charge in [-0.15, -0.1) is 0 Å². The monoisotopic (exact) mass is 503 g/mol. The van der Waals surface area contributed by atoms with Gasteiger partial charge in [-0.2, -0.15) is 24.7 Å². The van der Waals surface area contributed by atoms with Crippen molar-refractivity contribution in [1.82, 2.24) is 0 Å². The molecule has 2 heteroatoms. The Hall–Kier alpha value is 0.540. The van der Waals surface area contributed by atoms with Crippen molar-refractivity contribution in [1.29, 1.82) is 0 Å². The third-order valence-corrected chi connectivity index (χ3v) is 7.14. The van der Waals surface area contributed by atoms with Gasteiger partial charge >= 0.3 is 57.0 Å². The Bertz CT molecular complexity index is 250. The van der Waals surface area contributed by atoms with Crippen LogP contribution in [0.1, 0.15) is 105 Å². The number of nitrogens with zero attached hydrogens (tertiary/aromatic N) is 1. The fourth-order valence-electron chi connectivity index (χ4n) is 2.87. The molecular weight excluding hydrogens is 459 g/mol. The molecule has 2 rings (SSSR count). The number of hydrogen-bond donors (Lipinski definition) is 0. The maximum atomic E-state index is 4.25. The van der Waals surface area contributed by atoms with Crippen LogP contribution in [0.5, 0.6) is 0 Å². The summed E-state index contributed by atoms with van der Waals surface area (Å²) in [6, 6.07) is 0. The summed E-state index contributed by atoms with van der Waals surface area (Å²) >= 11 is 1.16. The van der Waals surface area contributed by atoms with E-state index >= 15 is 0 Å². The van der Waals surface area contributed by atoms with Crippen molar-refractivity contribution < 1.29 is 20.9 Å². The second-order valence-corrected chi connectivity index (χ2v) is 8.37. The average Bonchev–Trinajstić information content (AvgIpc) is 2.64. The van der Waals surface area contributed by atoms with E-state index in [9.17, 15) is 0 Å². The minimum Gasteiger partial charge on any atom is -0.358 e. The first kappa shape index (κ1) is 26.8. The van der Waals surface area contributed by atoms with E-state index in [0.717, 1.165) is 39.1 Å². The Kier molecular flexibility index (Phi) is 18.9. The minimum absolute atomic E-state index is 0. The molecule has 0 N–H and O–H groups in total. The van der Waals surface area contributed by atoms with Crippen molar-refractivity contribution in [2.45, 2.75) is 111 Å². The van der Waals surface area contributed by atoms with Gasteiger partial charge in [-0.3, -0.25) is 0 Å². The SMILES string of the molecule is CCC(C)(C)[N]=[Ta].CCC1[CH-]C(CC)CCC1.[CH-]1CCCCC1.[CH3-]. The van der Waals surface area contributed by atoms with Crippen molar-refractivity contribution in [3.05, 3.63) is 20.3 Å². The predicted molar refractivity (Wildman–Crippen MR) is 106 cm³/mol. The van der Waals surface area contributed by atoms with Gasteiger partial charge in [0.15, 0.2) is 0 Å². The molecule has 2 atom stereocenters. The van der Waals surface area contributed by atoms with Crippen LogP contribution in [0.4, 0.5) is 0 Å². The molecule has 0 aromatic rings. The summed E-state index contributed by atoms with van der Waals surface area (Å²) in [6.45, 7) is 11.1. The third kappa shape index (κ3) is 14.8. The van der Waals surface area contributed by atoms with Gasteiger partial charge in [0.1, 0.15) is 0 Å². The molecule has 24 heavy (non-hydrogen) atoms. The smallest absolute Gasteiger partial charge is 0.0577 e. The minimum atomic E-state index is 0. The summed E-state index contributed by atoms with van der Waals surface area (Å²) < 4.78 is 4.25. The van der Waals surface area contributed by atoms with Crippen LogP contribution in [0, 0.1) is 32.1 Å². The van der Waals surface area contributed by atoms with Gasteiger partial charge in [0.05, 0.1) is 0 Å². The summed E-state index contributed by atoms with van der Waals surface area (Å²) in [6.07, 6.45) is 20.3. The van der Waals surface area contributed by atoms with Crippen molar-refractivity contribution >= 4 is 0 Å². The molecule has 2 aliphatic carbocycles. The first-order chi connectivity index (χ1) is 11.0. The average molecular weight is 504 g/mol. The van der Waals surface area contributed by atoms with E-state index in [0.29, 0.717) is 0 Å². The molecule has 0 bridgehead atoms. The standard InChI is InChI=1S/C10H19.C6H11.C5H11N.CH3.Ta/c1-3-9-6-5-7-10(4-2)8-9;1-2-4-6-5-3-1;1-4-5(2,3)6;;/h8-10H,3-7H2,1-2H3;1H,2-6H2;4H2,1-3H3;1H3;/q2*-1;;-1;. The first-order valence-electron chi connectivity index (χ1n) is 10.0. The summed E-state index contributed by atoms with van der Waals surface area (Å²) in [7, 11) is 0. The van der Waals surface area contributed by atoms with E-state index < -0.39 is 0 Å². The van der Waals surface area contributed by atoms with Crippen molar-refractivity contribution in [3.8, 4) is 0 Å². The Morgan fingerprint density at radius 2 is 1.42 bits per heavy atom. The van der Waals surface area contributed by atoms with Gasteiger partial charge in [-0.05, 0) is 0 Å². The Morgan fingerprint density at radius 1 is 0.917 bits per heavy atom. The van der Waals surface area contributed by atoms with E-state index in [2.05, 4.69) is 50.8 Å². The van der Waals surface area contributed by atoms with E-state index in [1.54, 1.807) is 0 Å². The van der Waals surface area contributed by atoms with Crippen LogP contribution in [-0.4, -0.2) is 5.54 Å². The molecule has 1 nitrogen and oxygen atoms in total. The maximum Gasteiger partial charge on any atom is -0.0577 e. The van der Waals surface area contributed by atoms with Gasteiger partial charge < -0.3 is 20.3 Å². The molecular formula is C22H44NTa-3. The van der Waals surface area contributed by atoms with Gasteiger partial charge in [0, 0.05) is 0 Å². The van der Waals surface area contributed by atoms with Gasteiger partial charge in [-0.25, -0.2) is 0 Å². The Balaban J connectivity index is 0. The van der Waals surface area contributed by atoms with Gasteiger partial charge in [-0.1, -0.05) is 65.2 Å².